The van der Waals surface area contributed by atoms with Gasteiger partial charge < -0.3 is 24.8 Å². The predicted molar refractivity (Wildman–Crippen MR) is 149 cm³/mol. The molecule has 0 unspecified atom stereocenters. The zero-order valence-electron chi connectivity index (χ0n) is 22.6. The molecule has 0 bridgehead atoms. The Kier molecular flexibility index (Phi) is 6.84. The summed E-state index contributed by atoms with van der Waals surface area (Å²) in [5.41, 5.74) is 0.577. The summed E-state index contributed by atoms with van der Waals surface area (Å²) in [5, 5.41) is 16.1. The Morgan fingerprint density at radius 3 is 2.61 bits per heavy atom. The van der Waals surface area contributed by atoms with E-state index in [9.17, 15) is 9.90 Å². The van der Waals surface area contributed by atoms with Crippen LogP contribution in [0.3, 0.4) is 0 Å². The van der Waals surface area contributed by atoms with Gasteiger partial charge in [-0.3, -0.25) is 9.69 Å². The number of carbonyl (C=O) groups is 1. The number of fused-ring (bicyclic) bond motifs is 1. The number of benzene rings is 1. The van der Waals surface area contributed by atoms with Crippen molar-refractivity contribution in [2.45, 2.75) is 57.8 Å². The van der Waals surface area contributed by atoms with Gasteiger partial charge in [0.05, 0.1) is 41.7 Å². The number of ether oxygens (including phenoxy) is 2. The summed E-state index contributed by atoms with van der Waals surface area (Å²) < 4.78 is 11.6. The van der Waals surface area contributed by atoms with E-state index in [1.165, 1.54) is 6.42 Å². The van der Waals surface area contributed by atoms with Crippen molar-refractivity contribution in [3.8, 4) is 0 Å². The SMILES string of the molecule is CC1(C)[C@@H]([C@H]2CCCCO2)[C@@H]1C(=O)Nc1cc2cc(N3CCN([C@@]4(C)COC[C@H]4O)CC3)c(Cl)cc2cn1. The van der Waals surface area contributed by atoms with Gasteiger partial charge in [0, 0.05) is 56.2 Å². The Hall–Kier alpha value is -1.97. The minimum Gasteiger partial charge on any atom is -0.389 e. The summed E-state index contributed by atoms with van der Waals surface area (Å²) >= 11 is 6.72. The number of rotatable bonds is 5. The van der Waals surface area contributed by atoms with Crippen molar-refractivity contribution in [3.05, 3.63) is 29.4 Å². The van der Waals surface area contributed by atoms with Gasteiger partial charge in [0.25, 0.3) is 0 Å². The summed E-state index contributed by atoms with van der Waals surface area (Å²) in [6.07, 6.45) is 4.81. The second-order valence-corrected chi connectivity index (χ2v) is 12.7. The van der Waals surface area contributed by atoms with E-state index in [-0.39, 0.29) is 34.8 Å². The van der Waals surface area contributed by atoms with E-state index in [0.717, 1.165) is 62.1 Å². The molecule has 4 aliphatic rings. The van der Waals surface area contributed by atoms with Crippen LogP contribution in [0.5, 0.6) is 0 Å². The van der Waals surface area contributed by atoms with Gasteiger partial charge in [-0.2, -0.15) is 0 Å². The zero-order chi connectivity index (χ0) is 26.7. The number of aromatic nitrogens is 1. The van der Waals surface area contributed by atoms with Crippen molar-refractivity contribution >= 4 is 39.8 Å². The van der Waals surface area contributed by atoms with Crippen LogP contribution in [0.2, 0.25) is 5.02 Å². The molecule has 38 heavy (non-hydrogen) atoms. The molecule has 3 saturated heterocycles. The number of nitrogens with one attached hydrogen (secondary N) is 1. The van der Waals surface area contributed by atoms with E-state index in [0.29, 0.717) is 24.1 Å². The van der Waals surface area contributed by atoms with Crippen molar-refractivity contribution in [1.82, 2.24) is 9.88 Å². The van der Waals surface area contributed by atoms with Crippen molar-refractivity contribution in [2.75, 3.05) is 56.2 Å². The standard InChI is InChI=1S/C29H39ClN4O4/c1-28(2)25(22-6-4-5-11-38-22)26(28)27(36)32-24-14-18-13-21(20(30)12-19(18)15-31-24)33-7-9-34(10-8-33)29(3)17-37-16-23(29)35/h12-15,22-23,25-26,35H,4-11,16-17H2,1-3H3,(H,31,32,36)/t22-,23-,25+,26-,29+/m1/s1. The number of piperazine rings is 1. The van der Waals surface area contributed by atoms with Gasteiger partial charge in [-0.25, -0.2) is 4.98 Å². The maximum absolute atomic E-state index is 13.3. The molecule has 1 saturated carbocycles. The number of aliphatic hydroxyl groups excluding tert-OH is 1. The number of nitrogens with zero attached hydrogens (tertiary/aromatic N) is 3. The Bertz CT molecular complexity index is 1210. The van der Waals surface area contributed by atoms with Gasteiger partial charge in [-0.1, -0.05) is 25.4 Å². The Morgan fingerprint density at radius 1 is 1.13 bits per heavy atom. The first-order valence-electron chi connectivity index (χ1n) is 14.0. The molecule has 1 aromatic heterocycles. The van der Waals surface area contributed by atoms with Gasteiger partial charge in [0.1, 0.15) is 5.82 Å². The molecule has 3 aliphatic heterocycles. The Morgan fingerprint density at radius 2 is 1.92 bits per heavy atom. The molecule has 4 fully saturated rings. The predicted octanol–water partition coefficient (Wildman–Crippen LogP) is 3.94. The molecule has 1 aromatic carbocycles. The second kappa shape index (κ2) is 9.89. The molecule has 1 amide bonds. The van der Waals surface area contributed by atoms with Crippen LogP contribution in [0.1, 0.15) is 40.0 Å². The lowest BCUT2D eigenvalue weighted by Gasteiger charge is -2.45. The van der Waals surface area contributed by atoms with Crippen LogP contribution < -0.4 is 10.2 Å². The third-order valence-electron chi connectivity index (χ3n) is 9.58. The lowest BCUT2D eigenvalue weighted by atomic mass is 9.95. The fraction of sp³-hybridized carbons (Fsp3) is 0.655. The highest BCUT2D eigenvalue weighted by atomic mass is 35.5. The highest BCUT2D eigenvalue weighted by Crippen LogP contribution is 2.61. The Balaban J connectivity index is 1.15. The van der Waals surface area contributed by atoms with Gasteiger partial charge in [0.15, 0.2) is 0 Å². The van der Waals surface area contributed by atoms with Crippen LogP contribution in [0, 0.1) is 17.3 Å². The van der Waals surface area contributed by atoms with E-state index in [4.69, 9.17) is 21.1 Å². The third-order valence-corrected chi connectivity index (χ3v) is 9.88. The summed E-state index contributed by atoms with van der Waals surface area (Å²) in [5.74, 6) is 0.782. The van der Waals surface area contributed by atoms with Crippen LogP contribution in [0.4, 0.5) is 11.5 Å². The lowest BCUT2D eigenvalue weighted by Crippen LogP contribution is -2.60. The maximum Gasteiger partial charge on any atom is 0.229 e. The summed E-state index contributed by atoms with van der Waals surface area (Å²) in [6.45, 7) is 11.4. The van der Waals surface area contributed by atoms with E-state index >= 15 is 0 Å². The van der Waals surface area contributed by atoms with Crippen LogP contribution in [0.15, 0.2) is 24.4 Å². The monoisotopic (exact) mass is 542 g/mol. The van der Waals surface area contributed by atoms with Crippen molar-refractivity contribution < 1.29 is 19.4 Å². The van der Waals surface area contributed by atoms with Crippen molar-refractivity contribution in [2.24, 2.45) is 17.3 Å². The topological polar surface area (TPSA) is 87.2 Å². The molecule has 2 aromatic rings. The van der Waals surface area contributed by atoms with Gasteiger partial charge in [0.2, 0.25) is 5.91 Å². The lowest BCUT2D eigenvalue weighted by molar-refractivity contribution is -0.118. The minimum absolute atomic E-state index is 0.0258. The van der Waals surface area contributed by atoms with E-state index < -0.39 is 6.10 Å². The average Bonchev–Trinajstić information content (AvgIpc) is 3.34. The number of hydrogen-bond donors (Lipinski definition) is 2. The zero-order valence-corrected chi connectivity index (χ0v) is 23.3. The van der Waals surface area contributed by atoms with Crippen LogP contribution in [-0.2, 0) is 14.3 Å². The average molecular weight is 543 g/mol. The van der Waals surface area contributed by atoms with E-state index in [1.807, 2.05) is 12.1 Å². The number of halogens is 1. The van der Waals surface area contributed by atoms with E-state index in [1.54, 1.807) is 6.20 Å². The molecule has 0 spiro atoms. The Labute approximate surface area is 229 Å². The molecule has 0 radical (unpaired) electrons. The minimum atomic E-state index is -0.467. The molecule has 2 N–H and O–H groups in total. The molecule has 9 heteroatoms. The molecule has 5 atom stereocenters. The second-order valence-electron chi connectivity index (χ2n) is 12.3. The van der Waals surface area contributed by atoms with Crippen molar-refractivity contribution in [3.63, 3.8) is 0 Å². The number of hydrogen-bond acceptors (Lipinski definition) is 7. The molecular weight excluding hydrogens is 504 g/mol. The van der Waals surface area contributed by atoms with Crippen LogP contribution >= 0.6 is 11.6 Å². The fourth-order valence-electron chi connectivity index (χ4n) is 7.00. The number of anilines is 2. The summed E-state index contributed by atoms with van der Waals surface area (Å²) in [4.78, 5) is 22.4. The van der Waals surface area contributed by atoms with Gasteiger partial charge in [-0.05, 0) is 55.2 Å². The number of amides is 1. The van der Waals surface area contributed by atoms with Crippen LogP contribution in [-0.4, -0.2) is 84.6 Å². The third kappa shape index (κ3) is 4.58. The quantitative estimate of drug-likeness (QED) is 0.592. The number of carbonyl (C=O) groups excluding carboxylic acids is 1. The molecule has 206 valence electrons. The van der Waals surface area contributed by atoms with Gasteiger partial charge in [-0.15, -0.1) is 0 Å². The normalized spacial score (nSPS) is 33.4. The highest BCUT2D eigenvalue weighted by Gasteiger charge is 2.64. The van der Waals surface area contributed by atoms with Crippen LogP contribution in [0.25, 0.3) is 10.8 Å². The molecule has 1 aliphatic carbocycles. The largest absolute Gasteiger partial charge is 0.389 e. The number of pyridine rings is 1. The fourth-order valence-corrected chi connectivity index (χ4v) is 7.29. The molecular formula is C29H39ClN4O4. The highest BCUT2D eigenvalue weighted by molar-refractivity contribution is 6.34. The summed E-state index contributed by atoms with van der Waals surface area (Å²) in [6, 6.07) is 5.99. The molecule has 6 rings (SSSR count). The first kappa shape index (κ1) is 26.3. The van der Waals surface area contributed by atoms with E-state index in [2.05, 4.69) is 46.9 Å². The smallest absolute Gasteiger partial charge is 0.229 e. The summed E-state index contributed by atoms with van der Waals surface area (Å²) in [7, 11) is 0. The molecule has 8 nitrogen and oxygen atoms in total. The molecule has 4 heterocycles. The van der Waals surface area contributed by atoms with Gasteiger partial charge >= 0.3 is 0 Å². The maximum atomic E-state index is 13.3. The first-order chi connectivity index (χ1) is 18.2. The first-order valence-corrected chi connectivity index (χ1v) is 14.3. The number of aliphatic hydroxyl groups is 1. The van der Waals surface area contributed by atoms with Crippen molar-refractivity contribution in [1.29, 1.82) is 0 Å².